The molecule has 0 aliphatic carbocycles. The predicted octanol–water partition coefficient (Wildman–Crippen LogP) is 3.37. The lowest BCUT2D eigenvalue weighted by molar-refractivity contribution is -0.116. The van der Waals surface area contributed by atoms with Gasteiger partial charge in [-0.25, -0.2) is 4.68 Å². The Balaban J connectivity index is 1.78. The Morgan fingerprint density at radius 2 is 2.00 bits per heavy atom. The van der Waals surface area contributed by atoms with Crippen LogP contribution in [0.3, 0.4) is 0 Å². The fourth-order valence-corrected chi connectivity index (χ4v) is 3.32. The highest BCUT2D eigenvalue weighted by Gasteiger charge is 2.30. The third-order valence-electron chi connectivity index (χ3n) is 4.70. The van der Waals surface area contributed by atoms with E-state index in [1.807, 2.05) is 37.3 Å². The molecular weight excluding hydrogens is 330 g/mol. The fourth-order valence-electron chi connectivity index (χ4n) is 3.32. The molecule has 0 bridgehead atoms. The third-order valence-corrected chi connectivity index (χ3v) is 4.70. The van der Waals surface area contributed by atoms with Crippen LogP contribution in [-0.4, -0.2) is 27.9 Å². The first-order chi connectivity index (χ1) is 12.6. The van der Waals surface area contributed by atoms with E-state index in [4.69, 9.17) is 4.74 Å². The highest BCUT2D eigenvalue weighted by Crippen LogP contribution is 2.40. The lowest BCUT2D eigenvalue weighted by Crippen LogP contribution is -2.24. The van der Waals surface area contributed by atoms with E-state index in [2.05, 4.69) is 10.4 Å². The summed E-state index contributed by atoms with van der Waals surface area (Å²) in [4.78, 5) is 12.3. The molecule has 4 rings (SSSR count). The Morgan fingerprint density at radius 1 is 1.23 bits per heavy atom. The maximum absolute atomic E-state index is 12.3. The minimum absolute atomic E-state index is 0.0588. The molecule has 1 aliphatic heterocycles. The monoisotopic (exact) mass is 349 g/mol. The highest BCUT2D eigenvalue weighted by molar-refractivity contribution is 5.94. The second kappa shape index (κ2) is 6.22. The fraction of sp³-hybridized carbons (Fsp3) is 0.200. The molecule has 0 saturated carbocycles. The van der Waals surface area contributed by atoms with Crippen molar-refractivity contribution in [2.75, 3.05) is 12.4 Å². The van der Waals surface area contributed by atoms with Crippen LogP contribution in [-0.2, 0) is 4.79 Å². The Morgan fingerprint density at radius 3 is 2.69 bits per heavy atom. The van der Waals surface area contributed by atoms with Crippen LogP contribution < -0.4 is 10.1 Å². The summed E-state index contributed by atoms with van der Waals surface area (Å²) in [5.41, 5.74) is 3.82. The number of benzene rings is 2. The molecule has 3 aromatic rings. The van der Waals surface area contributed by atoms with Gasteiger partial charge in [-0.3, -0.25) is 4.79 Å². The van der Waals surface area contributed by atoms with Crippen LogP contribution in [0.15, 0.2) is 48.7 Å². The summed E-state index contributed by atoms with van der Waals surface area (Å²) in [5.74, 6) is 0.889. The van der Waals surface area contributed by atoms with Gasteiger partial charge in [0.1, 0.15) is 5.82 Å². The van der Waals surface area contributed by atoms with Gasteiger partial charge in [0.15, 0.2) is 11.5 Å². The van der Waals surface area contributed by atoms with Gasteiger partial charge in [0.25, 0.3) is 0 Å². The van der Waals surface area contributed by atoms with Crippen molar-refractivity contribution in [3.63, 3.8) is 0 Å². The molecule has 1 atom stereocenters. The number of carbonyl (C=O) groups excluding carboxylic acids is 1. The molecular formula is C20H19N3O3. The number of fused-ring (bicyclic) bond motifs is 1. The number of aryl methyl sites for hydroxylation is 1. The Labute approximate surface area is 151 Å². The second-order valence-corrected chi connectivity index (χ2v) is 6.43. The number of phenols is 1. The molecule has 0 radical (unpaired) electrons. The number of rotatable bonds is 3. The largest absolute Gasteiger partial charge is 0.504 e. The van der Waals surface area contributed by atoms with E-state index in [1.165, 1.54) is 7.11 Å². The minimum atomic E-state index is -0.172. The zero-order valence-corrected chi connectivity index (χ0v) is 14.6. The van der Waals surface area contributed by atoms with Gasteiger partial charge in [-0.1, -0.05) is 23.8 Å². The Kier molecular flexibility index (Phi) is 3.88. The molecule has 0 spiro atoms. The molecule has 2 aromatic carbocycles. The Bertz CT molecular complexity index is 976. The van der Waals surface area contributed by atoms with Gasteiger partial charge < -0.3 is 15.2 Å². The average Bonchev–Trinajstić information content (AvgIpc) is 3.05. The first-order valence-corrected chi connectivity index (χ1v) is 8.38. The molecule has 26 heavy (non-hydrogen) atoms. The van der Waals surface area contributed by atoms with Gasteiger partial charge in [-0.15, -0.1) is 0 Å². The third kappa shape index (κ3) is 2.69. The van der Waals surface area contributed by atoms with Crippen LogP contribution in [0.25, 0.3) is 5.69 Å². The molecule has 0 fully saturated rings. The summed E-state index contributed by atoms with van der Waals surface area (Å²) in [6, 6.07) is 13.2. The number of ether oxygens (including phenoxy) is 1. The SMILES string of the molecule is COc1ccc([C@@H]2CC(=O)Nc3c2cnn3-c2ccc(C)cc2)cc1O. The van der Waals surface area contributed by atoms with Crippen molar-refractivity contribution in [2.24, 2.45) is 0 Å². The number of anilines is 1. The highest BCUT2D eigenvalue weighted by atomic mass is 16.5. The van der Waals surface area contributed by atoms with Crippen LogP contribution in [0, 0.1) is 6.92 Å². The molecule has 2 N–H and O–H groups in total. The first kappa shape index (κ1) is 16.2. The van der Waals surface area contributed by atoms with Gasteiger partial charge in [0.2, 0.25) is 5.91 Å². The number of hydrogen-bond acceptors (Lipinski definition) is 4. The summed E-state index contributed by atoms with van der Waals surface area (Å²) in [7, 11) is 1.51. The maximum Gasteiger partial charge on any atom is 0.226 e. The molecule has 0 unspecified atom stereocenters. The summed E-state index contributed by atoms with van der Waals surface area (Å²) in [5, 5.41) is 17.5. The molecule has 0 saturated heterocycles. The second-order valence-electron chi connectivity index (χ2n) is 6.43. The summed E-state index contributed by atoms with van der Waals surface area (Å²) in [6.07, 6.45) is 2.08. The molecule has 6 nitrogen and oxygen atoms in total. The van der Waals surface area contributed by atoms with Crippen molar-refractivity contribution in [3.8, 4) is 17.2 Å². The van der Waals surface area contributed by atoms with Crippen molar-refractivity contribution in [3.05, 3.63) is 65.4 Å². The number of amides is 1. The van der Waals surface area contributed by atoms with Gasteiger partial charge in [0.05, 0.1) is 19.0 Å². The zero-order valence-electron chi connectivity index (χ0n) is 14.6. The van der Waals surface area contributed by atoms with E-state index in [9.17, 15) is 9.90 Å². The molecule has 132 valence electrons. The van der Waals surface area contributed by atoms with E-state index >= 15 is 0 Å². The molecule has 2 heterocycles. The van der Waals surface area contributed by atoms with Crippen LogP contribution in [0.2, 0.25) is 0 Å². The van der Waals surface area contributed by atoms with Gasteiger partial charge in [-0.05, 0) is 36.8 Å². The quantitative estimate of drug-likeness (QED) is 0.760. The number of nitrogens with zero attached hydrogens (tertiary/aromatic N) is 2. The van der Waals surface area contributed by atoms with E-state index in [0.717, 1.165) is 22.4 Å². The molecule has 1 amide bonds. The lowest BCUT2D eigenvalue weighted by Gasteiger charge is -2.24. The van der Waals surface area contributed by atoms with Gasteiger partial charge in [-0.2, -0.15) is 5.10 Å². The lowest BCUT2D eigenvalue weighted by atomic mass is 9.87. The molecule has 1 aromatic heterocycles. The van der Waals surface area contributed by atoms with E-state index in [0.29, 0.717) is 18.0 Å². The van der Waals surface area contributed by atoms with Crippen molar-refractivity contribution in [1.82, 2.24) is 9.78 Å². The van der Waals surface area contributed by atoms with Crippen LogP contribution >= 0.6 is 0 Å². The number of phenolic OH excluding ortho intramolecular Hbond substituents is 1. The van der Waals surface area contributed by atoms with Crippen molar-refractivity contribution in [2.45, 2.75) is 19.3 Å². The predicted molar refractivity (Wildman–Crippen MR) is 98.0 cm³/mol. The standard InChI is InChI=1S/C20H19N3O3/c1-12-3-6-14(7-4-12)23-20-16(11-21-23)15(10-19(25)22-20)13-5-8-18(26-2)17(24)9-13/h3-9,11,15,24H,10H2,1-2H3,(H,22,25)/t15-/m0/s1. The topological polar surface area (TPSA) is 76.4 Å². The number of hydrogen-bond donors (Lipinski definition) is 2. The van der Waals surface area contributed by atoms with Crippen LogP contribution in [0.5, 0.6) is 11.5 Å². The summed E-state index contributed by atoms with van der Waals surface area (Å²) in [6.45, 7) is 2.02. The van der Waals surface area contributed by atoms with Crippen molar-refractivity contribution < 1.29 is 14.6 Å². The van der Waals surface area contributed by atoms with E-state index < -0.39 is 0 Å². The van der Waals surface area contributed by atoms with Gasteiger partial charge >= 0.3 is 0 Å². The number of aromatic hydroxyl groups is 1. The van der Waals surface area contributed by atoms with E-state index in [1.54, 1.807) is 23.0 Å². The smallest absolute Gasteiger partial charge is 0.226 e. The van der Waals surface area contributed by atoms with Crippen LogP contribution in [0.1, 0.15) is 29.0 Å². The van der Waals surface area contributed by atoms with Gasteiger partial charge in [0, 0.05) is 17.9 Å². The Hall–Kier alpha value is -3.28. The number of nitrogens with one attached hydrogen (secondary N) is 1. The van der Waals surface area contributed by atoms with Crippen molar-refractivity contribution in [1.29, 1.82) is 0 Å². The molecule has 1 aliphatic rings. The zero-order chi connectivity index (χ0) is 18.3. The summed E-state index contributed by atoms with van der Waals surface area (Å²) < 4.78 is 6.84. The van der Waals surface area contributed by atoms with Crippen molar-refractivity contribution >= 4 is 11.7 Å². The summed E-state index contributed by atoms with van der Waals surface area (Å²) >= 11 is 0. The number of aromatic nitrogens is 2. The maximum atomic E-state index is 12.3. The first-order valence-electron chi connectivity index (χ1n) is 8.38. The normalized spacial score (nSPS) is 16.1. The molecule has 6 heteroatoms. The average molecular weight is 349 g/mol. The van der Waals surface area contributed by atoms with E-state index in [-0.39, 0.29) is 17.6 Å². The number of methoxy groups -OCH3 is 1. The van der Waals surface area contributed by atoms with Crippen LogP contribution in [0.4, 0.5) is 5.82 Å². The number of carbonyl (C=O) groups is 1. The minimum Gasteiger partial charge on any atom is -0.504 e.